The summed E-state index contributed by atoms with van der Waals surface area (Å²) in [5, 5.41) is 23.1. The van der Waals surface area contributed by atoms with E-state index in [9.17, 15) is 14.9 Å². The first-order chi connectivity index (χ1) is 9.88. The number of pyridine rings is 1. The van der Waals surface area contributed by atoms with Gasteiger partial charge in [-0.25, -0.2) is 9.78 Å². The van der Waals surface area contributed by atoms with Crippen LogP contribution in [-0.4, -0.2) is 21.0 Å². The number of carboxylic acid groups (broad SMARTS) is 1. The van der Waals surface area contributed by atoms with Crippen molar-refractivity contribution in [2.45, 2.75) is 0 Å². The smallest absolute Gasteiger partial charge is 0.339 e. The number of hydrogen-bond acceptors (Lipinski definition) is 5. The van der Waals surface area contributed by atoms with Crippen LogP contribution in [-0.2, 0) is 0 Å². The van der Waals surface area contributed by atoms with Crippen LogP contribution < -0.4 is 5.32 Å². The number of benzene rings is 1. The summed E-state index contributed by atoms with van der Waals surface area (Å²) in [7, 11) is 0. The number of halogens is 2. The maximum absolute atomic E-state index is 11.2. The second-order valence-electron chi connectivity index (χ2n) is 3.91. The zero-order valence-corrected chi connectivity index (χ0v) is 11.7. The summed E-state index contributed by atoms with van der Waals surface area (Å²) in [5.74, 6) is -1.37. The van der Waals surface area contributed by atoms with Crippen LogP contribution in [0.4, 0.5) is 17.2 Å². The Kier molecular flexibility index (Phi) is 4.25. The minimum atomic E-state index is -1.34. The Morgan fingerprint density at radius 2 is 2.00 bits per heavy atom. The van der Waals surface area contributed by atoms with Crippen molar-refractivity contribution in [3.8, 4) is 0 Å². The maximum Gasteiger partial charge on any atom is 0.339 e. The van der Waals surface area contributed by atoms with E-state index in [4.69, 9.17) is 28.3 Å². The number of carboxylic acids is 1. The lowest BCUT2D eigenvalue weighted by atomic mass is 10.2. The molecule has 0 radical (unpaired) electrons. The fraction of sp³-hybridized carbons (Fsp3) is 0. The third kappa shape index (κ3) is 3.39. The van der Waals surface area contributed by atoms with Crippen molar-refractivity contribution in [2.24, 2.45) is 0 Å². The third-order valence-electron chi connectivity index (χ3n) is 2.50. The molecule has 2 aromatic rings. The fourth-order valence-electron chi connectivity index (χ4n) is 1.53. The molecule has 0 aliphatic heterocycles. The molecule has 2 N–H and O–H groups in total. The van der Waals surface area contributed by atoms with Gasteiger partial charge in [0, 0.05) is 11.8 Å². The molecule has 0 saturated heterocycles. The van der Waals surface area contributed by atoms with Crippen LogP contribution in [0.1, 0.15) is 10.4 Å². The van der Waals surface area contributed by atoms with Gasteiger partial charge in [0.1, 0.15) is 17.6 Å². The first-order valence-corrected chi connectivity index (χ1v) is 6.24. The lowest BCUT2D eigenvalue weighted by Gasteiger charge is -2.09. The van der Waals surface area contributed by atoms with E-state index in [-0.39, 0.29) is 16.4 Å². The minimum absolute atomic E-state index is 0.0357. The van der Waals surface area contributed by atoms with Gasteiger partial charge in [-0.05, 0) is 18.2 Å². The van der Waals surface area contributed by atoms with Crippen molar-refractivity contribution >= 4 is 46.4 Å². The third-order valence-corrected chi connectivity index (χ3v) is 3.24. The van der Waals surface area contributed by atoms with Crippen LogP contribution in [0.25, 0.3) is 0 Å². The Balaban J connectivity index is 2.41. The average Bonchev–Trinajstić information content (AvgIpc) is 2.43. The molecule has 1 aromatic heterocycles. The monoisotopic (exact) mass is 327 g/mol. The molecule has 1 aromatic carbocycles. The van der Waals surface area contributed by atoms with Crippen LogP contribution in [0.15, 0.2) is 30.5 Å². The molecule has 0 fully saturated rings. The standard InChI is InChI=1S/C12H7Cl2N3O4/c13-9-2-1-6(3-10(9)14)16-11-8(12(18)19)4-7(5-15-11)17(20)21/h1-5H,(H,15,16)(H,18,19). The van der Waals surface area contributed by atoms with Gasteiger partial charge in [-0.3, -0.25) is 10.1 Å². The molecular formula is C12H7Cl2N3O4. The molecule has 1 heterocycles. The van der Waals surface area contributed by atoms with Crippen molar-refractivity contribution in [1.29, 1.82) is 0 Å². The van der Waals surface area contributed by atoms with Gasteiger partial charge < -0.3 is 10.4 Å². The summed E-state index contributed by atoms with van der Waals surface area (Å²) in [5.41, 5.74) is -0.282. The van der Waals surface area contributed by atoms with Crippen LogP contribution in [0.2, 0.25) is 10.0 Å². The normalized spacial score (nSPS) is 10.2. The van der Waals surface area contributed by atoms with Crippen molar-refractivity contribution < 1.29 is 14.8 Å². The Morgan fingerprint density at radius 3 is 2.57 bits per heavy atom. The van der Waals surface area contributed by atoms with E-state index in [1.165, 1.54) is 12.1 Å². The molecule has 0 bridgehead atoms. The maximum atomic E-state index is 11.2. The molecule has 0 amide bonds. The summed E-state index contributed by atoms with van der Waals surface area (Å²) < 4.78 is 0. The molecule has 2 rings (SSSR count). The summed E-state index contributed by atoms with van der Waals surface area (Å²) in [6, 6.07) is 5.51. The number of rotatable bonds is 4. The highest BCUT2D eigenvalue weighted by atomic mass is 35.5. The van der Waals surface area contributed by atoms with Gasteiger partial charge in [0.05, 0.1) is 15.0 Å². The predicted molar refractivity (Wildman–Crippen MR) is 77.6 cm³/mol. The van der Waals surface area contributed by atoms with E-state index in [1.807, 2.05) is 0 Å². The summed E-state index contributed by atoms with van der Waals surface area (Å²) in [6.07, 6.45) is 0.965. The largest absolute Gasteiger partial charge is 0.478 e. The van der Waals surface area contributed by atoms with Gasteiger partial charge in [-0.2, -0.15) is 0 Å². The minimum Gasteiger partial charge on any atom is -0.478 e. The van der Waals surface area contributed by atoms with E-state index < -0.39 is 16.6 Å². The van der Waals surface area contributed by atoms with Gasteiger partial charge in [0.15, 0.2) is 0 Å². The quantitative estimate of drug-likeness (QED) is 0.654. The number of hydrogen-bond donors (Lipinski definition) is 2. The van der Waals surface area contributed by atoms with Crippen molar-refractivity contribution in [2.75, 3.05) is 5.32 Å². The van der Waals surface area contributed by atoms with E-state index in [0.717, 1.165) is 12.3 Å². The van der Waals surface area contributed by atoms with E-state index in [0.29, 0.717) is 10.7 Å². The van der Waals surface area contributed by atoms with Gasteiger partial charge >= 0.3 is 5.97 Å². The summed E-state index contributed by atoms with van der Waals surface area (Å²) >= 11 is 11.6. The molecular weight excluding hydrogens is 321 g/mol. The number of anilines is 2. The highest BCUT2D eigenvalue weighted by Crippen LogP contribution is 2.28. The molecule has 0 aliphatic rings. The molecule has 0 aliphatic carbocycles. The van der Waals surface area contributed by atoms with Crippen molar-refractivity contribution in [3.05, 3.63) is 56.2 Å². The van der Waals surface area contributed by atoms with Gasteiger partial charge in [0.25, 0.3) is 5.69 Å². The van der Waals surface area contributed by atoms with Crippen molar-refractivity contribution in [3.63, 3.8) is 0 Å². The number of nitrogens with one attached hydrogen (secondary N) is 1. The Hall–Kier alpha value is -2.38. The molecule has 0 saturated carbocycles. The van der Waals surface area contributed by atoms with Crippen LogP contribution in [0.5, 0.6) is 0 Å². The van der Waals surface area contributed by atoms with E-state index in [2.05, 4.69) is 10.3 Å². The Morgan fingerprint density at radius 1 is 1.29 bits per heavy atom. The number of carbonyl (C=O) groups is 1. The number of aromatic carboxylic acids is 1. The Bertz CT molecular complexity index is 736. The lowest BCUT2D eigenvalue weighted by molar-refractivity contribution is -0.385. The van der Waals surface area contributed by atoms with Crippen molar-refractivity contribution in [1.82, 2.24) is 4.98 Å². The second-order valence-corrected chi connectivity index (χ2v) is 4.72. The first kappa shape index (κ1) is 15.0. The summed E-state index contributed by atoms with van der Waals surface area (Å²) in [4.78, 5) is 24.8. The van der Waals surface area contributed by atoms with Crippen LogP contribution >= 0.6 is 23.2 Å². The van der Waals surface area contributed by atoms with Crippen LogP contribution in [0, 0.1) is 10.1 Å². The summed E-state index contributed by atoms with van der Waals surface area (Å²) in [6.45, 7) is 0. The second kappa shape index (κ2) is 5.94. The van der Waals surface area contributed by atoms with Crippen LogP contribution in [0.3, 0.4) is 0 Å². The molecule has 108 valence electrons. The molecule has 0 spiro atoms. The lowest BCUT2D eigenvalue weighted by Crippen LogP contribution is -2.06. The predicted octanol–water partition coefficient (Wildman–Crippen LogP) is 3.74. The molecule has 21 heavy (non-hydrogen) atoms. The Labute approximate surface area is 128 Å². The van der Waals surface area contributed by atoms with Gasteiger partial charge in [-0.15, -0.1) is 0 Å². The topological polar surface area (TPSA) is 105 Å². The number of nitro groups is 1. The zero-order valence-electron chi connectivity index (χ0n) is 10.2. The first-order valence-electron chi connectivity index (χ1n) is 5.48. The highest BCUT2D eigenvalue weighted by molar-refractivity contribution is 6.42. The highest BCUT2D eigenvalue weighted by Gasteiger charge is 2.17. The number of aromatic nitrogens is 1. The SMILES string of the molecule is O=C(O)c1cc([N+](=O)[O-])cnc1Nc1ccc(Cl)c(Cl)c1. The molecule has 0 unspecified atom stereocenters. The number of nitrogens with zero attached hydrogens (tertiary/aromatic N) is 2. The van der Waals surface area contributed by atoms with E-state index in [1.54, 1.807) is 6.07 Å². The molecule has 9 heteroatoms. The molecule has 0 atom stereocenters. The zero-order chi connectivity index (χ0) is 15.6. The fourth-order valence-corrected chi connectivity index (χ4v) is 1.82. The van der Waals surface area contributed by atoms with Gasteiger partial charge in [-0.1, -0.05) is 23.2 Å². The van der Waals surface area contributed by atoms with Gasteiger partial charge in [0.2, 0.25) is 0 Å². The average molecular weight is 328 g/mol. The molecule has 7 nitrogen and oxygen atoms in total. The van der Waals surface area contributed by atoms with E-state index >= 15 is 0 Å².